The largest absolute Gasteiger partial charge is 0.454 e. The Hall–Kier alpha value is -1.88. The van der Waals surface area contributed by atoms with Crippen molar-refractivity contribution in [1.29, 1.82) is 0 Å². The molecule has 131 valence electrons. The van der Waals surface area contributed by atoms with E-state index in [1.807, 2.05) is 32.9 Å². The van der Waals surface area contributed by atoms with Crippen LogP contribution in [0.4, 0.5) is 0 Å². The van der Waals surface area contributed by atoms with Gasteiger partial charge in [-0.1, -0.05) is 26.0 Å². The fraction of sp³-hybridized carbons (Fsp3) is 0.579. The van der Waals surface area contributed by atoms with Crippen LogP contribution in [-0.2, 0) is 11.3 Å². The van der Waals surface area contributed by atoms with Crippen LogP contribution in [0.1, 0.15) is 63.6 Å². The molecular weight excluding hydrogens is 302 g/mol. The molecule has 0 aliphatic heterocycles. The summed E-state index contributed by atoms with van der Waals surface area (Å²) in [5.41, 5.74) is 2.34. The van der Waals surface area contributed by atoms with Crippen LogP contribution in [0.25, 0.3) is 11.0 Å². The molecule has 0 saturated carbocycles. The minimum atomic E-state index is -0.530. The maximum absolute atomic E-state index is 12.2. The van der Waals surface area contributed by atoms with Crippen molar-refractivity contribution in [3.63, 3.8) is 0 Å². The number of rotatable bonds is 7. The number of esters is 1. The Morgan fingerprint density at radius 2 is 1.88 bits per heavy atom. The standard InChI is InChI=1S/C19H29N3O2/c1-6-11-22(12-7-2)13-14-9-8-10-15-16(14)21-17(20-15)18(23)24-19(3,4)5/h8-10H,6-7,11-13H2,1-5H3,(H,20,21)/q+1. The smallest absolute Gasteiger partial charge is 0.374 e. The molecule has 0 spiro atoms. The van der Waals surface area contributed by atoms with Gasteiger partial charge in [-0.15, -0.1) is 0 Å². The maximum atomic E-state index is 12.2. The quantitative estimate of drug-likeness (QED) is 0.616. The van der Waals surface area contributed by atoms with Crippen LogP contribution < -0.4 is 4.90 Å². The number of hydrogen-bond acceptors (Lipinski definition) is 4. The third-order valence-corrected chi connectivity index (χ3v) is 3.66. The average Bonchev–Trinajstić information content (AvgIpc) is 2.91. The number of fused-ring (bicyclic) bond motifs is 1. The fourth-order valence-corrected chi connectivity index (χ4v) is 2.79. The summed E-state index contributed by atoms with van der Waals surface area (Å²) in [6.07, 6.45) is 2.25. The molecule has 2 rings (SSSR count). The van der Waals surface area contributed by atoms with Gasteiger partial charge in [0.15, 0.2) is 0 Å². The number of nitrogens with one attached hydrogen (secondary N) is 1. The lowest BCUT2D eigenvalue weighted by atomic mass is 10.1. The Morgan fingerprint density at radius 3 is 2.46 bits per heavy atom. The van der Waals surface area contributed by atoms with Crippen LogP contribution in [-0.4, -0.2) is 34.6 Å². The summed E-state index contributed by atoms with van der Waals surface area (Å²) in [4.78, 5) is 22.3. The molecule has 5 heteroatoms. The lowest BCUT2D eigenvalue weighted by molar-refractivity contribution is 0.00572. The number of benzene rings is 1. The van der Waals surface area contributed by atoms with E-state index in [0.717, 1.165) is 49.1 Å². The number of carbonyl (C=O) groups is 1. The minimum Gasteiger partial charge on any atom is -0.454 e. The van der Waals surface area contributed by atoms with Crippen LogP contribution in [0.5, 0.6) is 0 Å². The second-order valence-corrected chi connectivity index (χ2v) is 7.18. The number of ether oxygens (including phenoxy) is 1. The molecule has 1 aromatic heterocycles. The molecule has 0 unspecified atom stereocenters. The van der Waals surface area contributed by atoms with E-state index in [1.165, 1.54) is 0 Å². The summed E-state index contributed by atoms with van der Waals surface area (Å²) in [6.45, 7) is 12.9. The zero-order valence-corrected chi connectivity index (χ0v) is 15.5. The number of imidazole rings is 1. The molecule has 0 saturated heterocycles. The van der Waals surface area contributed by atoms with Gasteiger partial charge in [0.25, 0.3) is 0 Å². The van der Waals surface area contributed by atoms with Crippen molar-refractivity contribution in [1.82, 2.24) is 14.9 Å². The van der Waals surface area contributed by atoms with Crippen molar-refractivity contribution >= 4 is 17.0 Å². The van der Waals surface area contributed by atoms with Crippen molar-refractivity contribution in [2.24, 2.45) is 0 Å². The third-order valence-electron chi connectivity index (χ3n) is 3.66. The maximum Gasteiger partial charge on any atom is 0.374 e. The van der Waals surface area contributed by atoms with Gasteiger partial charge in [0.05, 0.1) is 11.0 Å². The van der Waals surface area contributed by atoms with Crippen LogP contribution in [0, 0.1) is 0 Å². The van der Waals surface area contributed by atoms with E-state index < -0.39 is 11.6 Å². The first-order valence-electron chi connectivity index (χ1n) is 8.77. The Morgan fingerprint density at radius 1 is 1.21 bits per heavy atom. The van der Waals surface area contributed by atoms with Gasteiger partial charge >= 0.3 is 5.97 Å². The molecule has 0 atom stereocenters. The summed E-state index contributed by atoms with van der Waals surface area (Å²) in [5.74, 6) is -0.145. The number of hydrogen-bond donors (Lipinski definition) is 1. The van der Waals surface area contributed by atoms with Crippen molar-refractivity contribution in [3.05, 3.63) is 29.6 Å². The number of H-pyrrole nitrogens is 1. The van der Waals surface area contributed by atoms with E-state index in [0.29, 0.717) is 0 Å². The van der Waals surface area contributed by atoms with Gasteiger partial charge in [-0.3, -0.25) is 0 Å². The Labute approximate surface area is 144 Å². The van der Waals surface area contributed by atoms with Gasteiger partial charge in [-0.05, 0) is 39.7 Å². The lowest BCUT2D eigenvalue weighted by Gasteiger charge is -2.18. The van der Waals surface area contributed by atoms with Crippen LogP contribution in [0.3, 0.4) is 0 Å². The zero-order valence-electron chi connectivity index (χ0n) is 15.5. The van der Waals surface area contributed by atoms with Crippen LogP contribution >= 0.6 is 0 Å². The summed E-state index contributed by atoms with van der Waals surface area (Å²) in [6, 6.07) is 6.04. The van der Waals surface area contributed by atoms with Crippen molar-refractivity contribution in [2.45, 2.75) is 59.6 Å². The molecule has 1 radical (unpaired) electrons. The van der Waals surface area contributed by atoms with E-state index in [9.17, 15) is 4.79 Å². The van der Waals surface area contributed by atoms with Gasteiger partial charge in [0, 0.05) is 5.56 Å². The highest BCUT2D eigenvalue weighted by molar-refractivity contribution is 5.91. The SMILES string of the molecule is CCC[N+](CCC)Cc1cccc2[nH]c(C(=O)OC(C)(C)C)nc12. The predicted molar refractivity (Wildman–Crippen MR) is 97.4 cm³/mol. The molecule has 0 aliphatic carbocycles. The molecule has 0 bridgehead atoms. The molecule has 5 nitrogen and oxygen atoms in total. The zero-order chi connectivity index (χ0) is 17.7. The average molecular weight is 331 g/mol. The molecule has 0 amide bonds. The summed E-state index contributed by atoms with van der Waals surface area (Å²) in [5, 5.41) is 0. The topological polar surface area (TPSA) is 60.9 Å². The number of para-hydroxylation sites is 1. The van der Waals surface area contributed by atoms with Gasteiger partial charge < -0.3 is 9.72 Å². The van der Waals surface area contributed by atoms with Crippen molar-refractivity contribution in [3.8, 4) is 0 Å². The molecule has 0 aliphatic rings. The molecule has 24 heavy (non-hydrogen) atoms. The fourth-order valence-electron chi connectivity index (χ4n) is 2.79. The molecular formula is C19H29N3O2+. The Bertz CT molecular complexity index is 679. The molecule has 1 aromatic carbocycles. The van der Waals surface area contributed by atoms with Crippen LogP contribution in [0.15, 0.2) is 18.2 Å². The first-order valence-corrected chi connectivity index (χ1v) is 8.77. The van der Waals surface area contributed by atoms with E-state index in [4.69, 9.17) is 4.74 Å². The van der Waals surface area contributed by atoms with Gasteiger partial charge in [0.2, 0.25) is 5.82 Å². The first-order chi connectivity index (χ1) is 11.3. The third kappa shape index (κ3) is 4.81. The van der Waals surface area contributed by atoms with E-state index >= 15 is 0 Å². The van der Waals surface area contributed by atoms with Crippen LogP contribution in [0.2, 0.25) is 0 Å². The highest BCUT2D eigenvalue weighted by atomic mass is 16.6. The number of carbonyl (C=O) groups excluding carboxylic acids is 1. The second-order valence-electron chi connectivity index (χ2n) is 7.18. The van der Waals surface area contributed by atoms with E-state index in [-0.39, 0.29) is 5.82 Å². The Kier molecular flexibility index (Phi) is 5.99. The van der Waals surface area contributed by atoms with E-state index in [1.54, 1.807) is 0 Å². The summed E-state index contributed by atoms with van der Waals surface area (Å²) < 4.78 is 5.41. The highest BCUT2D eigenvalue weighted by Gasteiger charge is 2.22. The molecule has 1 N–H and O–H groups in total. The highest BCUT2D eigenvalue weighted by Crippen LogP contribution is 2.19. The Balaban J connectivity index is 2.27. The predicted octanol–water partition coefficient (Wildman–Crippen LogP) is 3.98. The molecule has 1 heterocycles. The molecule has 2 aromatic rings. The minimum absolute atomic E-state index is 0.268. The van der Waals surface area contributed by atoms with Gasteiger partial charge in [-0.2, -0.15) is 4.90 Å². The summed E-state index contributed by atoms with van der Waals surface area (Å²) in [7, 11) is 0. The normalized spacial score (nSPS) is 12.1. The lowest BCUT2D eigenvalue weighted by Crippen LogP contribution is -2.31. The number of nitrogens with zero attached hydrogens (tertiary/aromatic N) is 2. The van der Waals surface area contributed by atoms with Gasteiger partial charge in [0.1, 0.15) is 25.2 Å². The molecule has 0 fully saturated rings. The summed E-state index contributed by atoms with van der Waals surface area (Å²) >= 11 is 0. The monoisotopic (exact) mass is 331 g/mol. The first kappa shape index (κ1) is 18.5. The van der Waals surface area contributed by atoms with Crippen molar-refractivity contribution < 1.29 is 9.53 Å². The second kappa shape index (κ2) is 7.79. The number of aromatic nitrogens is 2. The van der Waals surface area contributed by atoms with Gasteiger partial charge in [-0.25, -0.2) is 9.78 Å². The van der Waals surface area contributed by atoms with Crippen molar-refractivity contribution in [2.75, 3.05) is 13.1 Å². The van der Waals surface area contributed by atoms with E-state index in [2.05, 4.69) is 34.8 Å². The number of aromatic amines is 1.